The van der Waals surface area contributed by atoms with Crippen LogP contribution in [0.1, 0.15) is 41.5 Å². The second-order valence-corrected chi connectivity index (χ2v) is 12.1. The van der Waals surface area contributed by atoms with Crippen molar-refractivity contribution in [3.05, 3.63) is 45.2 Å². The van der Waals surface area contributed by atoms with Gasteiger partial charge in [-0.15, -0.1) is 0 Å². The van der Waals surface area contributed by atoms with Gasteiger partial charge < -0.3 is 47.7 Å². The molecule has 302 valence electrons. The van der Waals surface area contributed by atoms with E-state index in [9.17, 15) is 49.4 Å². The number of rotatable bonds is 12. The summed E-state index contributed by atoms with van der Waals surface area (Å²) in [4.78, 5) is 108. The normalized spacial score (nSPS) is 26.6. The van der Waals surface area contributed by atoms with E-state index in [1.54, 1.807) is 0 Å². The van der Waals surface area contributed by atoms with Crippen LogP contribution < -0.4 is 9.80 Å². The van der Waals surface area contributed by atoms with Crippen molar-refractivity contribution in [3.8, 4) is 0 Å². The fraction of sp³-hybridized carbons (Fsp3) is 0.562. The van der Waals surface area contributed by atoms with Gasteiger partial charge in [0.1, 0.15) is 0 Å². The average Bonchev–Trinajstić information content (AvgIpc) is 3.10. The lowest BCUT2D eigenvalue weighted by atomic mass is 9.96. The zero-order chi connectivity index (χ0) is 42.0. The third-order valence-electron chi connectivity index (χ3n) is 7.94. The van der Waals surface area contributed by atoms with Crippen LogP contribution in [0.15, 0.2) is 34.5 Å². The zero-order valence-corrected chi connectivity index (χ0v) is 31.2. The van der Waals surface area contributed by atoms with Crippen molar-refractivity contribution in [1.82, 2.24) is 0 Å². The highest BCUT2D eigenvalue weighted by Crippen LogP contribution is 2.34. The summed E-state index contributed by atoms with van der Waals surface area (Å²) in [6.45, 7) is 6.05. The van der Waals surface area contributed by atoms with Crippen LogP contribution in [0.3, 0.4) is 0 Å². The van der Waals surface area contributed by atoms with Crippen molar-refractivity contribution in [2.75, 3.05) is 23.9 Å². The van der Waals surface area contributed by atoms with Gasteiger partial charge in [0.15, 0.2) is 61.3 Å². The van der Waals surface area contributed by atoms with Gasteiger partial charge in [0.05, 0.1) is 0 Å². The molecule has 2 saturated heterocycles. The molecule has 2 aliphatic heterocycles. The molecule has 0 unspecified atom stereocenters. The van der Waals surface area contributed by atoms with Crippen molar-refractivity contribution in [2.24, 2.45) is 10.2 Å². The molecule has 2 heterocycles. The fourth-order valence-electron chi connectivity index (χ4n) is 5.80. The number of carbonyl (C=O) groups is 8. The smallest absolute Gasteiger partial charge is 0.303 e. The van der Waals surface area contributed by atoms with Crippen molar-refractivity contribution in [1.29, 1.82) is 0 Å². The molecule has 0 saturated carbocycles. The third kappa shape index (κ3) is 10.8. The predicted octanol–water partition coefficient (Wildman–Crippen LogP) is 1.27. The second-order valence-electron chi connectivity index (χ2n) is 12.1. The maximum Gasteiger partial charge on any atom is 0.303 e. The number of amides is 2. The number of azide groups is 2. The molecule has 10 atom stereocenters. The number of carbonyl (C=O) groups excluding carboxylic acids is 8. The molecule has 0 radical (unpaired) electrons. The molecule has 56 heavy (non-hydrogen) atoms. The minimum atomic E-state index is -1.79. The summed E-state index contributed by atoms with van der Waals surface area (Å²) in [5, 5.41) is 6.89. The SMILES string of the molecule is CC(=O)O[C@@H]1[C@@H](OC(C)=O)[C@@H](N=[N+]=[N-])O[C@H](C(=O)N(C)c2ccc(N(C)C(=O)[C@H]3O[C@H](N=[N+]=[N-])[C@H](OC(C)=O)[C@@H](OC(C)=O)[C@@H]3OC(C)=O)cc2)[C@H]1OC(C)=O. The van der Waals surface area contributed by atoms with Crippen LogP contribution in [0.25, 0.3) is 20.9 Å². The summed E-state index contributed by atoms with van der Waals surface area (Å²) in [5.41, 5.74) is 18.7. The van der Waals surface area contributed by atoms with Gasteiger partial charge in [-0.3, -0.25) is 38.4 Å². The summed E-state index contributed by atoms with van der Waals surface area (Å²) in [6, 6.07) is 5.51. The first kappa shape index (κ1) is 43.9. The molecule has 0 aliphatic carbocycles. The number of hydrogen-bond donors (Lipinski definition) is 0. The Labute approximate surface area is 317 Å². The maximum atomic E-state index is 13.9. The molecular weight excluding hydrogens is 752 g/mol. The molecule has 0 spiro atoms. The molecule has 2 fully saturated rings. The molecule has 0 aromatic heterocycles. The maximum absolute atomic E-state index is 13.9. The molecule has 1 aromatic rings. The van der Waals surface area contributed by atoms with E-state index in [1.165, 1.54) is 38.4 Å². The number of anilines is 2. The number of ether oxygens (including phenoxy) is 8. The van der Waals surface area contributed by atoms with E-state index in [1.807, 2.05) is 0 Å². The standard InChI is InChI=1S/C32H38N8O16/c1-13(41)49-21-23(51-15(3)43)27(55-29(35-37-33)25(21)53-17(5)45)31(47)39(7)19-9-11-20(12-10-19)40(8)32(48)28-24(52-16(4)44)22(50-14(2)42)26(54-18(6)46)30(56-28)36-38-34/h9-12,21-30H,1-8H3/t21-,22-,23-,24-,25+,26+,27-,28-,29-,30-/m0/s1. The van der Waals surface area contributed by atoms with Gasteiger partial charge in [0.2, 0.25) is 0 Å². The van der Waals surface area contributed by atoms with Gasteiger partial charge in [-0.1, -0.05) is 10.2 Å². The Hall–Kier alpha value is -6.48. The topological polar surface area (TPSA) is 314 Å². The van der Waals surface area contributed by atoms with Gasteiger partial charge in [0, 0.05) is 76.8 Å². The lowest BCUT2D eigenvalue weighted by Gasteiger charge is -2.43. The average molecular weight is 791 g/mol. The molecule has 24 nitrogen and oxygen atoms in total. The summed E-state index contributed by atoms with van der Waals surface area (Å²) in [5.74, 6) is -7.31. The first-order valence-electron chi connectivity index (χ1n) is 16.4. The van der Waals surface area contributed by atoms with Crippen LogP contribution in [0, 0.1) is 0 Å². The molecule has 2 aliphatic rings. The van der Waals surface area contributed by atoms with Crippen LogP contribution >= 0.6 is 0 Å². The van der Waals surface area contributed by atoms with Gasteiger partial charge >= 0.3 is 35.8 Å². The summed E-state index contributed by atoms with van der Waals surface area (Å²) in [7, 11) is 2.60. The van der Waals surface area contributed by atoms with E-state index in [0.717, 1.165) is 51.3 Å². The van der Waals surface area contributed by atoms with Gasteiger partial charge in [-0.2, -0.15) is 0 Å². The highest BCUT2D eigenvalue weighted by molar-refractivity contribution is 5.99. The van der Waals surface area contributed by atoms with Gasteiger partial charge in [-0.05, 0) is 35.3 Å². The number of benzene rings is 1. The Morgan fingerprint density at radius 1 is 0.500 bits per heavy atom. The van der Waals surface area contributed by atoms with E-state index in [0.29, 0.717) is 0 Å². The third-order valence-corrected chi connectivity index (χ3v) is 7.94. The molecule has 24 heteroatoms. The van der Waals surface area contributed by atoms with Crippen LogP contribution in [-0.4, -0.2) is 123 Å². The monoisotopic (exact) mass is 790 g/mol. The van der Waals surface area contributed by atoms with Crippen molar-refractivity contribution < 1.29 is 76.3 Å². The molecule has 2 amide bonds. The largest absolute Gasteiger partial charge is 0.455 e. The molecule has 3 rings (SSSR count). The fourth-order valence-corrected chi connectivity index (χ4v) is 5.80. The quantitative estimate of drug-likeness (QED) is 0.0946. The molecule has 0 bridgehead atoms. The Morgan fingerprint density at radius 2 is 0.750 bits per heavy atom. The minimum Gasteiger partial charge on any atom is -0.455 e. The van der Waals surface area contributed by atoms with Crippen molar-refractivity contribution in [3.63, 3.8) is 0 Å². The molecule has 1 aromatic carbocycles. The lowest BCUT2D eigenvalue weighted by molar-refractivity contribution is -0.242. The van der Waals surface area contributed by atoms with Crippen molar-refractivity contribution >= 4 is 59.0 Å². The lowest BCUT2D eigenvalue weighted by Crippen LogP contribution is -2.64. The Balaban J connectivity index is 1.97. The minimum absolute atomic E-state index is 0.158. The zero-order valence-electron chi connectivity index (χ0n) is 31.2. The summed E-state index contributed by atoms with van der Waals surface area (Å²) >= 11 is 0. The number of esters is 6. The first-order chi connectivity index (χ1) is 26.3. The highest BCUT2D eigenvalue weighted by Gasteiger charge is 2.56. The summed E-state index contributed by atoms with van der Waals surface area (Å²) in [6.07, 6.45) is -17.0. The summed E-state index contributed by atoms with van der Waals surface area (Å²) < 4.78 is 43.0. The van der Waals surface area contributed by atoms with E-state index in [-0.39, 0.29) is 11.4 Å². The van der Waals surface area contributed by atoms with Crippen LogP contribution in [0.4, 0.5) is 11.4 Å². The first-order valence-corrected chi connectivity index (χ1v) is 16.4. The van der Waals surface area contributed by atoms with Crippen molar-refractivity contribution in [2.45, 2.75) is 103 Å². The van der Waals surface area contributed by atoms with Crippen LogP contribution in [-0.2, 0) is 76.3 Å². The van der Waals surface area contributed by atoms with E-state index in [2.05, 4.69) is 20.1 Å². The van der Waals surface area contributed by atoms with Crippen LogP contribution in [0.5, 0.6) is 0 Å². The molecular formula is C32H38N8O16. The van der Waals surface area contributed by atoms with E-state index in [4.69, 9.17) is 37.9 Å². The number of likely N-dealkylation sites (N-methyl/N-ethyl adjacent to an activating group) is 2. The molecule has 0 N–H and O–H groups in total. The van der Waals surface area contributed by atoms with Gasteiger partial charge in [0.25, 0.3) is 11.8 Å². The van der Waals surface area contributed by atoms with Crippen LogP contribution in [0.2, 0.25) is 0 Å². The predicted molar refractivity (Wildman–Crippen MR) is 182 cm³/mol. The Kier molecular flexibility index (Phi) is 15.1. The number of nitrogens with zero attached hydrogens (tertiary/aromatic N) is 8. The van der Waals surface area contributed by atoms with Gasteiger partial charge in [-0.25, -0.2) is 0 Å². The highest BCUT2D eigenvalue weighted by atomic mass is 16.7. The van der Waals surface area contributed by atoms with E-state index >= 15 is 0 Å². The van der Waals surface area contributed by atoms with E-state index < -0.39 is 109 Å². The number of hydrogen-bond acceptors (Lipinski definition) is 18. The Morgan fingerprint density at radius 3 is 1.00 bits per heavy atom. The Bertz CT molecular complexity index is 1680. The second kappa shape index (κ2) is 19.2.